The normalized spacial score (nSPS) is 17.1. The first-order valence-electron chi connectivity index (χ1n) is 12.2. The largest absolute Gasteiger partial charge is 0.497 e. The molecule has 1 amide bonds. The molecule has 8 nitrogen and oxygen atoms in total. The summed E-state index contributed by atoms with van der Waals surface area (Å²) in [7, 11) is 1.66. The van der Waals surface area contributed by atoms with Gasteiger partial charge in [-0.3, -0.25) is 4.79 Å². The van der Waals surface area contributed by atoms with E-state index in [1.807, 2.05) is 58.2 Å². The highest BCUT2D eigenvalue weighted by Gasteiger charge is 2.27. The van der Waals surface area contributed by atoms with Crippen molar-refractivity contribution in [1.29, 1.82) is 0 Å². The van der Waals surface area contributed by atoms with Gasteiger partial charge in [0.05, 0.1) is 7.11 Å². The fourth-order valence-corrected chi connectivity index (χ4v) is 4.95. The van der Waals surface area contributed by atoms with Crippen molar-refractivity contribution >= 4 is 11.7 Å². The van der Waals surface area contributed by atoms with Gasteiger partial charge < -0.3 is 14.5 Å². The number of rotatable bonds is 6. The molecule has 2 fully saturated rings. The maximum Gasteiger partial charge on any atom is 0.244 e. The standard InChI is InChI=1S/C26H32N6O2/c1-34-22-12-10-20(11-13-22)25-28-26(21-7-3-2-4-8-21)32(29-25)19-24(33)31-17-15-30(16-18-31)23-9-5-6-14-27-23/h5-6,9-14,21H,2-4,7-8,15-19H2,1H3. The van der Waals surface area contributed by atoms with E-state index in [1.165, 1.54) is 19.3 Å². The minimum absolute atomic E-state index is 0.101. The number of pyridine rings is 1. The Labute approximate surface area is 200 Å². The van der Waals surface area contributed by atoms with E-state index >= 15 is 0 Å². The van der Waals surface area contributed by atoms with Crippen molar-refractivity contribution in [2.24, 2.45) is 0 Å². The quantitative estimate of drug-likeness (QED) is 0.558. The molecule has 1 aliphatic heterocycles. The molecule has 1 saturated heterocycles. The Morgan fingerprint density at radius 1 is 1.00 bits per heavy atom. The Kier molecular flexibility index (Phi) is 6.74. The van der Waals surface area contributed by atoms with E-state index in [-0.39, 0.29) is 12.5 Å². The lowest BCUT2D eigenvalue weighted by atomic mass is 9.88. The second-order valence-corrected chi connectivity index (χ2v) is 9.07. The summed E-state index contributed by atoms with van der Waals surface area (Å²) in [5, 5.41) is 4.81. The third kappa shape index (κ3) is 4.90. The lowest BCUT2D eigenvalue weighted by molar-refractivity contribution is -0.132. The van der Waals surface area contributed by atoms with Gasteiger partial charge in [0.2, 0.25) is 5.91 Å². The molecular weight excluding hydrogens is 428 g/mol. The summed E-state index contributed by atoms with van der Waals surface area (Å²) < 4.78 is 7.15. The van der Waals surface area contributed by atoms with Crippen LogP contribution in [0.2, 0.25) is 0 Å². The molecule has 0 radical (unpaired) electrons. The lowest BCUT2D eigenvalue weighted by Gasteiger charge is -2.35. The van der Waals surface area contributed by atoms with Crippen molar-refractivity contribution in [2.75, 3.05) is 38.2 Å². The molecule has 1 aromatic carbocycles. The highest BCUT2D eigenvalue weighted by Crippen LogP contribution is 2.33. The average molecular weight is 461 g/mol. The molecule has 5 rings (SSSR count). The van der Waals surface area contributed by atoms with Gasteiger partial charge in [0.1, 0.15) is 23.9 Å². The predicted octanol–water partition coefficient (Wildman–Crippen LogP) is 3.75. The number of anilines is 1. The number of ether oxygens (including phenoxy) is 1. The van der Waals surface area contributed by atoms with Gasteiger partial charge in [0.25, 0.3) is 0 Å². The molecule has 178 valence electrons. The number of methoxy groups -OCH3 is 1. The van der Waals surface area contributed by atoms with Crippen LogP contribution in [0.15, 0.2) is 48.7 Å². The van der Waals surface area contributed by atoms with Crippen LogP contribution in [0.1, 0.15) is 43.8 Å². The molecule has 1 aliphatic carbocycles. The maximum absolute atomic E-state index is 13.3. The molecule has 0 bridgehead atoms. The Hall–Kier alpha value is -3.42. The molecule has 0 N–H and O–H groups in total. The minimum atomic E-state index is 0.101. The van der Waals surface area contributed by atoms with Crippen molar-refractivity contribution in [2.45, 2.75) is 44.6 Å². The zero-order chi connectivity index (χ0) is 23.3. The van der Waals surface area contributed by atoms with Crippen molar-refractivity contribution in [1.82, 2.24) is 24.6 Å². The van der Waals surface area contributed by atoms with E-state index in [0.717, 1.165) is 48.9 Å². The van der Waals surface area contributed by atoms with E-state index in [1.54, 1.807) is 7.11 Å². The molecule has 8 heteroatoms. The number of aromatic nitrogens is 4. The van der Waals surface area contributed by atoms with Gasteiger partial charge in [-0.2, -0.15) is 5.10 Å². The summed E-state index contributed by atoms with van der Waals surface area (Å²) in [5.41, 5.74) is 0.938. The second kappa shape index (κ2) is 10.2. The fraction of sp³-hybridized carbons (Fsp3) is 0.462. The van der Waals surface area contributed by atoms with Crippen LogP contribution in [-0.4, -0.2) is 63.8 Å². The molecule has 0 spiro atoms. The summed E-state index contributed by atoms with van der Waals surface area (Å²) in [5.74, 6) is 3.86. The molecule has 3 aromatic rings. The number of hydrogen-bond donors (Lipinski definition) is 0. The van der Waals surface area contributed by atoms with Crippen LogP contribution in [0.25, 0.3) is 11.4 Å². The summed E-state index contributed by atoms with van der Waals surface area (Å²) in [6.45, 7) is 3.18. The Morgan fingerprint density at radius 3 is 2.44 bits per heavy atom. The van der Waals surface area contributed by atoms with Crippen LogP contribution in [0.3, 0.4) is 0 Å². The van der Waals surface area contributed by atoms with Gasteiger partial charge in [0, 0.05) is 43.9 Å². The average Bonchev–Trinajstić information content (AvgIpc) is 3.33. The number of carbonyl (C=O) groups excluding carboxylic acids is 1. The van der Waals surface area contributed by atoms with Crippen molar-refractivity contribution in [3.05, 3.63) is 54.5 Å². The van der Waals surface area contributed by atoms with E-state index in [9.17, 15) is 4.79 Å². The first kappa shape index (κ1) is 22.4. The summed E-state index contributed by atoms with van der Waals surface area (Å²) in [6, 6.07) is 13.7. The molecule has 2 aliphatic rings. The third-order valence-corrected chi connectivity index (χ3v) is 6.91. The van der Waals surface area contributed by atoms with E-state index < -0.39 is 0 Å². The number of nitrogens with zero attached hydrogens (tertiary/aromatic N) is 6. The maximum atomic E-state index is 13.3. The van der Waals surface area contributed by atoms with Gasteiger partial charge in [-0.25, -0.2) is 14.6 Å². The Morgan fingerprint density at radius 2 is 1.76 bits per heavy atom. The predicted molar refractivity (Wildman–Crippen MR) is 131 cm³/mol. The van der Waals surface area contributed by atoms with Gasteiger partial charge in [-0.1, -0.05) is 25.3 Å². The number of benzene rings is 1. The molecule has 2 aromatic heterocycles. The number of piperazine rings is 1. The SMILES string of the molecule is COc1ccc(-c2nc(C3CCCCC3)n(CC(=O)N3CCN(c4ccccn4)CC3)n2)cc1. The Balaban J connectivity index is 1.31. The van der Waals surface area contributed by atoms with Crippen LogP contribution in [0, 0.1) is 0 Å². The lowest BCUT2D eigenvalue weighted by Crippen LogP contribution is -2.50. The van der Waals surface area contributed by atoms with Crippen LogP contribution >= 0.6 is 0 Å². The topological polar surface area (TPSA) is 76.4 Å². The van der Waals surface area contributed by atoms with Gasteiger partial charge >= 0.3 is 0 Å². The van der Waals surface area contributed by atoms with Crippen molar-refractivity contribution in [3.63, 3.8) is 0 Å². The first-order chi connectivity index (χ1) is 16.7. The highest BCUT2D eigenvalue weighted by molar-refractivity contribution is 5.76. The molecule has 1 saturated carbocycles. The summed E-state index contributed by atoms with van der Waals surface area (Å²) in [6.07, 6.45) is 7.72. The van der Waals surface area contributed by atoms with E-state index in [2.05, 4.69) is 9.88 Å². The molecule has 0 unspecified atom stereocenters. The van der Waals surface area contributed by atoms with E-state index in [4.69, 9.17) is 14.8 Å². The molecular formula is C26H32N6O2. The van der Waals surface area contributed by atoms with Gasteiger partial charge in [-0.05, 0) is 49.2 Å². The molecule has 0 atom stereocenters. The monoisotopic (exact) mass is 460 g/mol. The highest BCUT2D eigenvalue weighted by atomic mass is 16.5. The fourth-order valence-electron chi connectivity index (χ4n) is 4.95. The van der Waals surface area contributed by atoms with Crippen LogP contribution in [-0.2, 0) is 11.3 Å². The summed E-state index contributed by atoms with van der Waals surface area (Å²) >= 11 is 0. The van der Waals surface area contributed by atoms with Gasteiger partial charge in [0.15, 0.2) is 5.82 Å². The minimum Gasteiger partial charge on any atom is -0.497 e. The first-order valence-corrected chi connectivity index (χ1v) is 12.2. The smallest absolute Gasteiger partial charge is 0.244 e. The van der Waals surface area contributed by atoms with Crippen LogP contribution in [0.5, 0.6) is 5.75 Å². The van der Waals surface area contributed by atoms with Crippen LogP contribution in [0.4, 0.5) is 5.82 Å². The van der Waals surface area contributed by atoms with Crippen LogP contribution < -0.4 is 9.64 Å². The molecule has 34 heavy (non-hydrogen) atoms. The Bertz CT molecular complexity index is 1080. The zero-order valence-electron chi connectivity index (χ0n) is 19.8. The van der Waals surface area contributed by atoms with Crippen molar-refractivity contribution < 1.29 is 9.53 Å². The number of carbonyl (C=O) groups is 1. The van der Waals surface area contributed by atoms with E-state index in [0.29, 0.717) is 24.8 Å². The third-order valence-electron chi connectivity index (χ3n) is 6.91. The number of hydrogen-bond acceptors (Lipinski definition) is 6. The molecule has 3 heterocycles. The second-order valence-electron chi connectivity index (χ2n) is 9.07. The number of amides is 1. The zero-order valence-corrected chi connectivity index (χ0v) is 19.8. The van der Waals surface area contributed by atoms with Crippen molar-refractivity contribution in [3.8, 4) is 17.1 Å². The summed E-state index contributed by atoms with van der Waals surface area (Å²) in [4.78, 5) is 26.8. The van der Waals surface area contributed by atoms with Gasteiger partial charge in [-0.15, -0.1) is 0 Å².